The highest BCUT2D eigenvalue weighted by Crippen LogP contribution is 2.05. The van der Waals surface area contributed by atoms with Crippen LogP contribution in [-0.4, -0.2) is 85.0 Å². The van der Waals surface area contributed by atoms with Crippen LogP contribution in [0.5, 0.6) is 0 Å². The maximum atomic E-state index is 11.8. The standard InChI is InChI=1S/C12H22N2O3S2/c1-13-3-4-14(2)12(16)10-19-8-6-17-5-7-18-9-11(13)15/h3-10H2,1-2H3. The van der Waals surface area contributed by atoms with Gasteiger partial charge in [0.25, 0.3) is 0 Å². The van der Waals surface area contributed by atoms with Crippen molar-refractivity contribution in [3.63, 3.8) is 0 Å². The molecule has 0 N–H and O–H groups in total. The van der Waals surface area contributed by atoms with Gasteiger partial charge in [-0.3, -0.25) is 9.59 Å². The number of nitrogens with zero attached hydrogens (tertiary/aromatic N) is 2. The fraction of sp³-hybridized carbons (Fsp3) is 0.833. The Kier molecular flexibility index (Phi) is 8.32. The predicted octanol–water partition coefficient (Wildman–Crippen LogP) is 0.400. The molecule has 1 fully saturated rings. The lowest BCUT2D eigenvalue weighted by atomic mass is 10.4. The molecule has 0 saturated carbocycles. The van der Waals surface area contributed by atoms with Gasteiger partial charge in [-0.1, -0.05) is 0 Å². The maximum Gasteiger partial charge on any atom is 0.232 e. The van der Waals surface area contributed by atoms with E-state index in [1.54, 1.807) is 47.4 Å². The van der Waals surface area contributed by atoms with Gasteiger partial charge in [-0.2, -0.15) is 0 Å². The number of hydrogen-bond donors (Lipinski definition) is 0. The summed E-state index contributed by atoms with van der Waals surface area (Å²) in [5, 5.41) is 0. The molecular weight excluding hydrogens is 284 g/mol. The number of rotatable bonds is 0. The normalized spacial score (nSPS) is 22.0. The molecule has 0 aliphatic carbocycles. The second-order valence-corrected chi connectivity index (χ2v) is 6.56. The van der Waals surface area contributed by atoms with Gasteiger partial charge >= 0.3 is 0 Å². The number of ether oxygens (including phenoxy) is 1. The van der Waals surface area contributed by atoms with Crippen molar-refractivity contribution in [2.45, 2.75) is 0 Å². The van der Waals surface area contributed by atoms with Gasteiger partial charge in [-0.15, -0.1) is 23.5 Å². The fourth-order valence-corrected chi connectivity index (χ4v) is 2.98. The minimum atomic E-state index is 0.107. The number of hydrogen-bond acceptors (Lipinski definition) is 5. The molecule has 110 valence electrons. The van der Waals surface area contributed by atoms with Gasteiger partial charge in [0.15, 0.2) is 0 Å². The van der Waals surface area contributed by atoms with Crippen LogP contribution in [0.25, 0.3) is 0 Å². The topological polar surface area (TPSA) is 49.9 Å². The monoisotopic (exact) mass is 306 g/mol. The summed E-state index contributed by atoms with van der Waals surface area (Å²) in [6.07, 6.45) is 0. The third-order valence-corrected chi connectivity index (χ3v) is 4.63. The molecule has 1 heterocycles. The van der Waals surface area contributed by atoms with Crippen molar-refractivity contribution in [2.75, 3.05) is 63.4 Å². The van der Waals surface area contributed by atoms with Gasteiger partial charge in [0, 0.05) is 38.7 Å². The van der Waals surface area contributed by atoms with Crippen LogP contribution in [0.3, 0.4) is 0 Å². The summed E-state index contributed by atoms with van der Waals surface area (Å²) in [6.45, 7) is 2.50. The van der Waals surface area contributed by atoms with E-state index in [2.05, 4.69) is 0 Å². The molecule has 0 atom stereocenters. The van der Waals surface area contributed by atoms with Crippen LogP contribution in [0.2, 0.25) is 0 Å². The molecule has 1 rings (SSSR count). The Bertz CT molecular complexity index is 275. The predicted molar refractivity (Wildman–Crippen MR) is 80.7 cm³/mol. The van der Waals surface area contributed by atoms with Crippen molar-refractivity contribution in [1.29, 1.82) is 0 Å². The van der Waals surface area contributed by atoms with Gasteiger partial charge < -0.3 is 14.5 Å². The SMILES string of the molecule is CN1CCN(C)C(=O)CSCCOCCSCC1=O. The van der Waals surface area contributed by atoms with Crippen LogP contribution in [0.15, 0.2) is 0 Å². The lowest BCUT2D eigenvalue weighted by molar-refractivity contribution is -0.130. The Morgan fingerprint density at radius 1 is 0.895 bits per heavy atom. The fourth-order valence-electron chi connectivity index (χ4n) is 1.43. The molecule has 0 bridgehead atoms. The first-order valence-electron chi connectivity index (χ1n) is 6.32. The third-order valence-electron chi connectivity index (χ3n) is 2.82. The van der Waals surface area contributed by atoms with Crippen LogP contribution >= 0.6 is 23.5 Å². The van der Waals surface area contributed by atoms with E-state index in [1.807, 2.05) is 0 Å². The molecule has 0 aromatic carbocycles. The number of carbonyl (C=O) groups excluding carboxylic acids is 2. The lowest BCUT2D eigenvalue weighted by Crippen LogP contribution is -2.38. The van der Waals surface area contributed by atoms with Crippen LogP contribution < -0.4 is 0 Å². The van der Waals surface area contributed by atoms with Crippen molar-refractivity contribution in [1.82, 2.24) is 9.80 Å². The number of likely N-dealkylation sites (N-methyl/N-ethyl adjacent to an activating group) is 2. The van der Waals surface area contributed by atoms with Crippen molar-refractivity contribution in [2.24, 2.45) is 0 Å². The Morgan fingerprint density at radius 3 is 1.74 bits per heavy atom. The molecule has 1 aliphatic heterocycles. The zero-order valence-corrected chi connectivity index (χ0v) is 13.2. The molecule has 5 nitrogen and oxygen atoms in total. The lowest BCUT2D eigenvalue weighted by Gasteiger charge is -2.22. The highest BCUT2D eigenvalue weighted by atomic mass is 32.2. The number of amides is 2. The molecule has 0 radical (unpaired) electrons. The molecule has 2 amide bonds. The summed E-state index contributed by atoms with van der Waals surface area (Å²) in [7, 11) is 3.56. The number of carbonyl (C=O) groups is 2. The van der Waals surface area contributed by atoms with E-state index in [0.29, 0.717) is 37.8 Å². The Hall–Kier alpha value is -0.400. The highest BCUT2D eigenvalue weighted by molar-refractivity contribution is 8.00. The first kappa shape index (κ1) is 16.7. The van der Waals surface area contributed by atoms with Crippen LogP contribution in [-0.2, 0) is 14.3 Å². The minimum Gasteiger partial charge on any atom is -0.380 e. The van der Waals surface area contributed by atoms with E-state index < -0.39 is 0 Å². The average molecular weight is 306 g/mol. The van der Waals surface area contributed by atoms with E-state index in [4.69, 9.17) is 4.74 Å². The second kappa shape index (κ2) is 9.50. The van der Waals surface area contributed by atoms with E-state index in [-0.39, 0.29) is 11.8 Å². The molecule has 7 heteroatoms. The first-order chi connectivity index (χ1) is 9.11. The van der Waals surface area contributed by atoms with Gasteiger partial charge in [0.1, 0.15) is 0 Å². The third kappa shape index (κ3) is 7.08. The molecule has 19 heavy (non-hydrogen) atoms. The molecule has 0 aromatic heterocycles. The molecule has 1 aliphatic rings. The van der Waals surface area contributed by atoms with E-state index in [9.17, 15) is 9.59 Å². The highest BCUT2D eigenvalue weighted by Gasteiger charge is 2.13. The Labute approximate surface area is 123 Å². The summed E-state index contributed by atoms with van der Waals surface area (Å²) in [4.78, 5) is 27.0. The summed E-state index contributed by atoms with van der Waals surface area (Å²) in [5.74, 6) is 2.84. The summed E-state index contributed by atoms with van der Waals surface area (Å²) in [6, 6.07) is 0. The summed E-state index contributed by atoms with van der Waals surface area (Å²) < 4.78 is 5.44. The smallest absolute Gasteiger partial charge is 0.232 e. The van der Waals surface area contributed by atoms with Gasteiger partial charge in [-0.05, 0) is 0 Å². The average Bonchev–Trinajstić information content (AvgIpc) is 2.41. The van der Waals surface area contributed by atoms with Gasteiger partial charge in [-0.25, -0.2) is 0 Å². The van der Waals surface area contributed by atoms with Gasteiger partial charge in [0.05, 0.1) is 24.7 Å². The molecule has 0 unspecified atom stereocenters. The maximum absolute atomic E-state index is 11.8. The minimum absolute atomic E-state index is 0.107. The van der Waals surface area contributed by atoms with Crippen molar-refractivity contribution in [3.8, 4) is 0 Å². The van der Waals surface area contributed by atoms with E-state index in [0.717, 1.165) is 11.5 Å². The van der Waals surface area contributed by atoms with E-state index in [1.165, 1.54) is 0 Å². The van der Waals surface area contributed by atoms with Crippen LogP contribution in [0.1, 0.15) is 0 Å². The molecular formula is C12H22N2O3S2. The zero-order valence-electron chi connectivity index (χ0n) is 11.6. The largest absolute Gasteiger partial charge is 0.380 e. The molecule has 1 saturated heterocycles. The summed E-state index contributed by atoms with van der Waals surface area (Å²) >= 11 is 3.19. The van der Waals surface area contributed by atoms with Crippen LogP contribution in [0, 0.1) is 0 Å². The van der Waals surface area contributed by atoms with Crippen molar-refractivity contribution in [3.05, 3.63) is 0 Å². The summed E-state index contributed by atoms with van der Waals surface area (Å²) in [5.41, 5.74) is 0. The molecule has 0 spiro atoms. The zero-order chi connectivity index (χ0) is 14.1. The van der Waals surface area contributed by atoms with E-state index >= 15 is 0 Å². The Morgan fingerprint density at radius 2 is 1.32 bits per heavy atom. The van der Waals surface area contributed by atoms with Crippen molar-refractivity contribution >= 4 is 35.3 Å². The quantitative estimate of drug-likeness (QED) is 0.648. The first-order valence-corrected chi connectivity index (χ1v) is 8.63. The van der Waals surface area contributed by atoms with Crippen LogP contribution in [0.4, 0.5) is 0 Å². The van der Waals surface area contributed by atoms with Crippen molar-refractivity contribution < 1.29 is 14.3 Å². The second-order valence-electron chi connectivity index (χ2n) is 4.35. The Balaban J connectivity index is 2.45. The number of thioether (sulfide) groups is 2. The molecule has 0 aromatic rings. The van der Waals surface area contributed by atoms with Gasteiger partial charge in [0.2, 0.25) is 11.8 Å².